The highest BCUT2D eigenvalue weighted by Gasteiger charge is 2.19. The number of rotatable bonds is 5. The molecule has 9 nitrogen and oxygen atoms in total. The van der Waals surface area contributed by atoms with E-state index in [4.69, 9.17) is 11.6 Å². The van der Waals surface area contributed by atoms with E-state index in [1.807, 2.05) is 0 Å². The van der Waals surface area contributed by atoms with E-state index in [2.05, 4.69) is 25.8 Å². The number of anilines is 1. The molecule has 0 saturated heterocycles. The molecule has 162 valence electrons. The molecule has 0 aliphatic carbocycles. The molecule has 0 radical (unpaired) electrons. The number of nitrogens with zero attached hydrogens (tertiary/aromatic N) is 1. The minimum Gasteiger partial charge on any atom is -0.278 e. The fourth-order valence-corrected chi connectivity index (χ4v) is 4.30. The van der Waals surface area contributed by atoms with Crippen molar-refractivity contribution in [3.05, 3.63) is 89.1 Å². The van der Waals surface area contributed by atoms with Gasteiger partial charge in [0.2, 0.25) is 0 Å². The lowest BCUT2D eigenvalue weighted by molar-refractivity contribution is 0.0844. The second-order valence-electron chi connectivity index (χ2n) is 6.64. The molecule has 1 heterocycles. The van der Waals surface area contributed by atoms with Gasteiger partial charge in [0.15, 0.2) is 5.69 Å². The third-order valence-electron chi connectivity index (χ3n) is 4.50. The predicted molar refractivity (Wildman–Crippen MR) is 120 cm³/mol. The van der Waals surface area contributed by atoms with E-state index in [-0.39, 0.29) is 26.9 Å². The summed E-state index contributed by atoms with van der Waals surface area (Å²) >= 11 is 6.01. The van der Waals surface area contributed by atoms with Crippen molar-refractivity contribution in [1.82, 2.24) is 21.0 Å². The summed E-state index contributed by atoms with van der Waals surface area (Å²) in [4.78, 5) is 24.7. The van der Waals surface area contributed by atoms with E-state index < -0.39 is 21.8 Å². The van der Waals surface area contributed by atoms with Gasteiger partial charge in [-0.05, 0) is 36.4 Å². The van der Waals surface area contributed by atoms with E-state index in [1.165, 1.54) is 30.3 Å². The Hall–Kier alpha value is -3.89. The number of sulfonamides is 1. The van der Waals surface area contributed by atoms with Gasteiger partial charge in [-0.1, -0.05) is 48.0 Å². The van der Waals surface area contributed by atoms with Crippen molar-refractivity contribution >= 4 is 50.0 Å². The predicted octanol–water partition coefficient (Wildman–Crippen LogP) is 3.09. The van der Waals surface area contributed by atoms with Gasteiger partial charge in [-0.15, -0.1) is 0 Å². The maximum absolute atomic E-state index is 12.7. The van der Waals surface area contributed by atoms with Crippen LogP contribution in [0.4, 0.5) is 5.69 Å². The topological polar surface area (TPSA) is 133 Å². The summed E-state index contributed by atoms with van der Waals surface area (Å²) < 4.78 is 27.8. The second kappa shape index (κ2) is 8.69. The summed E-state index contributed by atoms with van der Waals surface area (Å²) in [7, 11) is -4.00. The Morgan fingerprint density at radius 1 is 0.875 bits per heavy atom. The smallest absolute Gasteiger partial charge is 0.278 e. The number of para-hydroxylation sites is 2. The summed E-state index contributed by atoms with van der Waals surface area (Å²) in [5, 5.41) is 7.51. The first-order chi connectivity index (χ1) is 15.3. The molecule has 11 heteroatoms. The molecular formula is C21H16ClN5O4S. The SMILES string of the molecule is O=C(NNC(=O)c1n[nH]c2ccccc12)c1cccc(S(=O)(=O)Nc2ccccc2Cl)c1. The molecule has 1 aromatic heterocycles. The van der Waals surface area contributed by atoms with E-state index in [0.717, 1.165) is 0 Å². The Morgan fingerprint density at radius 3 is 2.41 bits per heavy atom. The molecule has 2 amide bonds. The number of carbonyl (C=O) groups excluding carboxylic acids is 2. The van der Waals surface area contributed by atoms with E-state index >= 15 is 0 Å². The average Bonchev–Trinajstić information content (AvgIpc) is 3.23. The Labute approximate surface area is 187 Å². The second-order valence-corrected chi connectivity index (χ2v) is 8.73. The van der Waals surface area contributed by atoms with Crippen molar-refractivity contribution in [3.8, 4) is 0 Å². The fraction of sp³-hybridized carbons (Fsp3) is 0. The zero-order chi connectivity index (χ0) is 22.7. The molecule has 4 rings (SSSR count). The Bertz CT molecular complexity index is 1430. The Balaban J connectivity index is 1.47. The van der Waals surface area contributed by atoms with Crippen LogP contribution in [0, 0.1) is 0 Å². The quantitative estimate of drug-likeness (QED) is 0.333. The van der Waals surface area contributed by atoms with E-state index in [1.54, 1.807) is 42.5 Å². The highest BCUT2D eigenvalue weighted by atomic mass is 35.5. The molecule has 0 fully saturated rings. The van der Waals surface area contributed by atoms with Crippen LogP contribution in [0.1, 0.15) is 20.8 Å². The van der Waals surface area contributed by atoms with Crippen molar-refractivity contribution in [2.24, 2.45) is 0 Å². The minimum absolute atomic E-state index is 0.0271. The van der Waals surface area contributed by atoms with Crippen LogP contribution in [0.15, 0.2) is 77.7 Å². The van der Waals surface area contributed by atoms with Crippen molar-refractivity contribution in [3.63, 3.8) is 0 Å². The van der Waals surface area contributed by atoms with E-state index in [9.17, 15) is 18.0 Å². The highest BCUT2D eigenvalue weighted by molar-refractivity contribution is 7.92. The Kier molecular flexibility index (Phi) is 5.80. The van der Waals surface area contributed by atoms with Gasteiger partial charge in [0, 0.05) is 10.9 Å². The molecule has 4 N–H and O–H groups in total. The van der Waals surface area contributed by atoms with E-state index in [0.29, 0.717) is 10.9 Å². The fourth-order valence-electron chi connectivity index (χ4n) is 2.93. The average molecular weight is 470 g/mol. The number of benzene rings is 3. The molecule has 0 spiro atoms. The van der Waals surface area contributed by atoms with Gasteiger partial charge in [-0.25, -0.2) is 8.42 Å². The number of hydrogen-bond acceptors (Lipinski definition) is 5. The van der Waals surface area contributed by atoms with Crippen LogP contribution >= 0.6 is 11.6 Å². The number of aromatic amines is 1. The Morgan fingerprint density at radius 2 is 1.59 bits per heavy atom. The summed E-state index contributed by atoms with van der Waals surface area (Å²) in [5.74, 6) is -1.33. The number of amides is 2. The van der Waals surface area contributed by atoms with Crippen LogP contribution < -0.4 is 15.6 Å². The standard InChI is InChI=1S/C21H16ClN5O4S/c22-16-9-2-4-11-18(16)27-32(30,31)14-7-5-6-13(12-14)20(28)25-26-21(29)19-15-8-1-3-10-17(15)23-24-19/h1-12,27H,(H,23,24)(H,25,28)(H,26,29). The van der Waals surface area contributed by atoms with Gasteiger partial charge in [-0.3, -0.25) is 30.3 Å². The zero-order valence-electron chi connectivity index (χ0n) is 16.3. The summed E-state index contributed by atoms with van der Waals surface area (Å²) in [6.07, 6.45) is 0. The van der Waals surface area contributed by atoms with Crippen LogP contribution in [0.25, 0.3) is 10.9 Å². The van der Waals surface area contributed by atoms with Gasteiger partial charge >= 0.3 is 0 Å². The lowest BCUT2D eigenvalue weighted by atomic mass is 10.2. The number of nitrogens with one attached hydrogen (secondary N) is 4. The molecule has 32 heavy (non-hydrogen) atoms. The van der Waals surface area contributed by atoms with Gasteiger partial charge in [0.25, 0.3) is 21.8 Å². The number of hydrazine groups is 1. The molecule has 4 aromatic rings. The first-order valence-electron chi connectivity index (χ1n) is 9.26. The molecule has 0 unspecified atom stereocenters. The molecule has 0 saturated carbocycles. The highest BCUT2D eigenvalue weighted by Crippen LogP contribution is 2.24. The number of fused-ring (bicyclic) bond motifs is 1. The van der Waals surface area contributed by atoms with Gasteiger partial charge in [-0.2, -0.15) is 5.10 Å². The van der Waals surface area contributed by atoms with Gasteiger partial charge < -0.3 is 0 Å². The molecule has 0 bridgehead atoms. The lowest BCUT2D eigenvalue weighted by Crippen LogP contribution is -2.41. The van der Waals surface area contributed by atoms with Crippen molar-refractivity contribution in [2.75, 3.05) is 4.72 Å². The van der Waals surface area contributed by atoms with Crippen LogP contribution in [-0.2, 0) is 10.0 Å². The maximum atomic E-state index is 12.7. The number of hydrogen-bond donors (Lipinski definition) is 4. The largest absolute Gasteiger partial charge is 0.290 e. The number of aromatic nitrogens is 2. The molecule has 0 atom stereocenters. The van der Waals surface area contributed by atoms with Crippen LogP contribution in [-0.4, -0.2) is 30.4 Å². The zero-order valence-corrected chi connectivity index (χ0v) is 17.9. The third-order valence-corrected chi connectivity index (χ3v) is 6.19. The minimum atomic E-state index is -4.00. The summed E-state index contributed by atoms with van der Waals surface area (Å²) in [5.41, 5.74) is 5.56. The molecular weight excluding hydrogens is 454 g/mol. The summed E-state index contributed by atoms with van der Waals surface area (Å²) in [6.45, 7) is 0. The van der Waals surface area contributed by atoms with Crippen molar-refractivity contribution in [2.45, 2.75) is 4.90 Å². The van der Waals surface area contributed by atoms with Crippen LogP contribution in [0.5, 0.6) is 0 Å². The molecule has 0 aliphatic heterocycles. The summed E-state index contributed by atoms with van der Waals surface area (Å²) in [6, 6.07) is 18.8. The normalized spacial score (nSPS) is 11.2. The van der Waals surface area contributed by atoms with Crippen molar-refractivity contribution in [1.29, 1.82) is 0 Å². The number of carbonyl (C=O) groups is 2. The molecule has 0 aliphatic rings. The first-order valence-corrected chi connectivity index (χ1v) is 11.1. The van der Waals surface area contributed by atoms with Gasteiger partial charge in [0.05, 0.1) is 21.1 Å². The number of halogens is 1. The van der Waals surface area contributed by atoms with Gasteiger partial charge in [0.1, 0.15) is 0 Å². The third kappa shape index (κ3) is 4.41. The van der Waals surface area contributed by atoms with Crippen LogP contribution in [0.3, 0.4) is 0 Å². The number of H-pyrrole nitrogens is 1. The monoisotopic (exact) mass is 469 g/mol. The lowest BCUT2D eigenvalue weighted by Gasteiger charge is -2.11. The first kappa shape index (κ1) is 21.3. The van der Waals surface area contributed by atoms with Crippen molar-refractivity contribution < 1.29 is 18.0 Å². The van der Waals surface area contributed by atoms with Crippen LogP contribution in [0.2, 0.25) is 5.02 Å². The molecule has 3 aromatic carbocycles. The maximum Gasteiger partial charge on any atom is 0.290 e.